The summed E-state index contributed by atoms with van der Waals surface area (Å²) >= 11 is 0. The molecule has 6 nitrogen and oxygen atoms in total. The normalized spacial score (nSPS) is 12.2. The molecule has 2 heterocycles. The minimum absolute atomic E-state index is 0.205. The summed E-state index contributed by atoms with van der Waals surface area (Å²) in [5.41, 5.74) is 1.72. The number of nitrogens with one attached hydrogen (secondary N) is 1. The molecule has 5 rings (SSSR count). The zero-order valence-electron chi connectivity index (χ0n) is 17.1. The fourth-order valence-electron chi connectivity index (χ4n) is 3.75. The van der Waals surface area contributed by atoms with E-state index in [0.29, 0.717) is 18.8 Å². The minimum atomic E-state index is -0.205. The van der Waals surface area contributed by atoms with Crippen molar-refractivity contribution in [3.63, 3.8) is 0 Å². The fraction of sp³-hybridized carbons (Fsp3) is 0.160. The second-order valence-corrected chi connectivity index (χ2v) is 7.51. The van der Waals surface area contributed by atoms with Crippen LogP contribution in [0.4, 0.5) is 10.5 Å². The Morgan fingerprint density at radius 3 is 2.65 bits per heavy atom. The highest BCUT2D eigenvalue weighted by atomic mass is 16.7. The van der Waals surface area contributed by atoms with Crippen molar-refractivity contribution >= 4 is 22.5 Å². The molecule has 156 valence electrons. The maximum absolute atomic E-state index is 13.3. The predicted octanol–water partition coefficient (Wildman–Crippen LogP) is 5.70. The number of carbonyl (C=O) groups is 1. The summed E-state index contributed by atoms with van der Waals surface area (Å²) in [5.74, 6) is 2.96. The van der Waals surface area contributed by atoms with E-state index in [2.05, 4.69) is 5.32 Å². The van der Waals surface area contributed by atoms with Crippen LogP contribution < -0.4 is 14.8 Å². The highest BCUT2D eigenvalue weighted by Gasteiger charge is 2.20. The van der Waals surface area contributed by atoms with Gasteiger partial charge in [0, 0.05) is 11.9 Å². The Morgan fingerprint density at radius 2 is 1.77 bits per heavy atom. The number of nitrogens with zero attached hydrogens (tertiary/aromatic N) is 1. The molecule has 0 spiro atoms. The number of fused-ring (bicyclic) bond motifs is 2. The number of furan rings is 1. The summed E-state index contributed by atoms with van der Waals surface area (Å²) in [6, 6.07) is 23.2. The summed E-state index contributed by atoms with van der Waals surface area (Å²) in [6.45, 7) is 2.85. The molecule has 0 saturated heterocycles. The van der Waals surface area contributed by atoms with Gasteiger partial charge in [-0.2, -0.15) is 0 Å². The molecule has 0 bridgehead atoms. The van der Waals surface area contributed by atoms with Gasteiger partial charge in [-0.3, -0.25) is 0 Å². The summed E-state index contributed by atoms with van der Waals surface area (Å²) in [4.78, 5) is 15.0. The second-order valence-electron chi connectivity index (χ2n) is 7.51. The van der Waals surface area contributed by atoms with E-state index in [1.807, 2.05) is 79.7 Å². The van der Waals surface area contributed by atoms with Crippen LogP contribution in [0.1, 0.15) is 17.1 Å². The van der Waals surface area contributed by atoms with Gasteiger partial charge in [0.1, 0.15) is 11.5 Å². The van der Waals surface area contributed by atoms with E-state index in [1.54, 1.807) is 4.90 Å². The maximum Gasteiger partial charge on any atom is 0.322 e. The van der Waals surface area contributed by atoms with E-state index in [0.717, 1.165) is 39.3 Å². The highest BCUT2D eigenvalue weighted by Crippen LogP contribution is 2.33. The molecule has 3 aromatic carbocycles. The van der Waals surface area contributed by atoms with Crippen molar-refractivity contribution in [2.75, 3.05) is 12.1 Å². The van der Waals surface area contributed by atoms with Gasteiger partial charge in [0.2, 0.25) is 6.79 Å². The molecule has 0 radical (unpaired) electrons. The van der Waals surface area contributed by atoms with Gasteiger partial charge in [0.25, 0.3) is 0 Å². The van der Waals surface area contributed by atoms with Gasteiger partial charge in [-0.1, -0.05) is 42.5 Å². The number of hydrogen-bond donors (Lipinski definition) is 1. The molecule has 0 saturated carbocycles. The molecule has 1 aliphatic heterocycles. The van der Waals surface area contributed by atoms with Crippen LogP contribution in [0, 0.1) is 6.92 Å². The zero-order valence-corrected chi connectivity index (χ0v) is 17.1. The Morgan fingerprint density at radius 1 is 0.935 bits per heavy atom. The molecule has 0 fully saturated rings. The number of aryl methyl sites for hydroxylation is 1. The lowest BCUT2D eigenvalue weighted by Gasteiger charge is -2.23. The van der Waals surface area contributed by atoms with Gasteiger partial charge < -0.3 is 24.1 Å². The quantitative estimate of drug-likeness (QED) is 0.455. The summed E-state index contributed by atoms with van der Waals surface area (Å²) < 4.78 is 16.6. The smallest absolute Gasteiger partial charge is 0.322 e. The highest BCUT2D eigenvalue weighted by molar-refractivity contribution is 6.01. The SMILES string of the molecule is Cc1ccc(CN(Cc2ccc3c(c2)OCO3)C(=O)Nc2cccc3ccccc23)o1. The van der Waals surface area contributed by atoms with Crippen molar-refractivity contribution in [2.45, 2.75) is 20.0 Å². The first-order valence-electron chi connectivity index (χ1n) is 10.1. The summed E-state index contributed by atoms with van der Waals surface area (Å²) in [6.07, 6.45) is 0. The molecular formula is C25H22N2O4. The van der Waals surface area contributed by atoms with Crippen LogP contribution in [0.3, 0.4) is 0 Å². The first kappa shape index (κ1) is 19.1. The molecule has 1 aliphatic rings. The van der Waals surface area contributed by atoms with E-state index in [4.69, 9.17) is 13.9 Å². The van der Waals surface area contributed by atoms with Crippen LogP contribution in [0.15, 0.2) is 77.2 Å². The summed E-state index contributed by atoms with van der Waals surface area (Å²) in [5, 5.41) is 5.14. The lowest BCUT2D eigenvalue weighted by Crippen LogP contribution is -2.34. The molecule has 1 aromatic heterocycles. The number of carbonyl (C=O) groups excluding carboxylic acids is 1. The average Bonchev–Trinajstić information content (AvgIpc) is 3.41. The van der Waals surface area contributed by atoms with Crippen LogP contribution in [-0.4, -0.2) is 17.7 Å². The van der Waals surface area contributed by atoms with Gasteiger partial charge >= 0.3 is 6.03 Å². The standard InChI is InChI=1S/C25H22N2O4/c1-17-9-11-20(31-17)15-27(14-18-10-12-23-24(13-18)30-16-29-23)25(28)26-22-8-4-6-19-5-2-3-7-21(19)22/h2-13H,14-16H2,1H3,(H,26,28). The Kier molecular flexibility index (Phi) is 4.96. The molecule has 6 heteroatoms. The number of benzene rings is 3. The lowest BCUT2D eigenvalue weighted by atomic mass is 10.1. The molecular weight excluding hydrogens is 392 g/mol. The van der Waals surface area contributed by atoms with Crippen molar-refractivity contribution in [1.29, 1.82) is 0 Å². The van der Waals surface area contributed by atoms with Crippen molar-refractivity contribution < 1.29 is 18.7 Å². The topological polar surface area (TPSA) is 63.9 Å². The van der Waals surface area contributed by atoms with Crippen molar-refractivity contribution in [3.05, 3.63) is 89.9 Å². The number of amides is 2. The zero-order chi connectivity index (χ0) is 21.2. The van der Waals surface area contributed by atoms with Crippen molar-refractivity contribution in [2.24, 2.45) is 0 Å². The van der Waals surface area contributed by atoms with Crippen LogP contribution in [0.25, 0.3) is 10.8 Å². The lowest BCUT2D eigenvalue weighted by molar-refractivity contribution is 0.174. The third kappa shape index (κ3) is 4.05. The molecule has 31 heavy (non-hydrogen) atoms. The minimum Gasteiger partial charge on any atom is -0.464 e. The number of anilines is 1. The van der Waals surface area contributed by atoms with Crippen LogP contribution in [-0.2, 0) is 13.1 Å². The summed E-state index contributed by atoms with van der Waals surface area (Å²) in [7, 11) is 0. The van der Waals surface area contributed by atoms with Crippen molar-refractivity contribution in [1.82, 2.24) is 4.90 Å². The third-order valence-electron chi connectivity index (χ3n) is 5.27. The number of ether oxygens (including phenoxy) is 2. The van der Waals surface area contributed by atoms with Crippen LogP contribution in [0.5, 0.6) is 11.5 Å². The van der Waals surface area contributed by atoms with Crippen molar-refractivity contribution in [3.8, 4) is 11.5 Å². The Hall–Kier alpha value is -3.93. The third-order valence-corrected chi connectivity index (χ3v) is 5.27. The first-order chi connectivity index (χ1) is 15.2. The van der Waals surface area contributed by atoms with Crippen LogP contribution in [0.2, 0.25) is 0 Å². The van der Waals surface area contributed by atoms with Gasteiger partial charge in [0.15, 0.2) is 11.5 Å². The van der Waals surface area contributed by atoms with Gasteiger partial charge in [-0.15, -0.1) is 0 Å². The molecule has 4 aromatic rings. The van der Waals surface area contributed by atoms with E-state index in [9.17, 15) is 4.79 Å². The molecule has 0 atom stereocenters. The molecule has 2 amide bonds. The predicted molar refractivity (Wildman–Crippen MR) is 118 cm³/mol. The van der Waals surface area contributed by atoms with E-state index in [-0.39, 0.29) is 12.8 Å². The molecule has 1 N–H and O–H groups in total. The Bertz CT molecular complexity index is 1240. The first-order valence-corrected chi connectivity index (χ1v) is 10.1. The van der Waals surface area contributed by atoms with E-state index >= 15 is 0 Å². The molecule has 0 aliphatic carbocycles. The second kappa shape index (κ2) is 8.07. The Balaban J connectivity index is 1.42. The van der Waals surface area contributed by atoms with Crippen LogP contribution >= 0.6 is 0 Å². The Labute approximate surface area is 180 Å². The van der Waals surface area contributed by atoms with Gasteiger partial charge in [-0.05, 0) is 48.2 Å². The number of hydrogen-bond acceptors (Lipinski definition) is 4. The van der Waals surface area contributed by atoms with E-state index < -0.39 is 0 Å². The fourth-order valence-corrected chi connectivity index (χ4v) is 3.75. The van der Waals surface area contributed by atoms with Gasteiger partial charge in [-0.25, -0.2) is 4.79 Å². The molecule has 0 unspecified atom stereocenters. The number of rotatable bonds is 5. The number of urea groups is 1. The average molecular weight is 414 g/mol. The largest absolute Gasteiger partial charge is 0.464 e. The van der Waals surface area contributed by atoms with Gasteiger partial charge in [0.05, 0.1) is 12.2 Å². The maximum atomic E-state index is 13.3. The van der Waals surface area contributed by atoms with E-state index in [1.165, 1.54) is 0 Å². The monoisotopic (exact) mass is 414 g/mol.